The molecule has 0 aliphatic rings. The summed E-state index contributed by atoms with van der Waals surface area (Å²) in [6.45, 7) is 4.07. The highest BCUT2D eigenvalue weighted by Gasteiger charge is 2.14. The van der Waals surface area contributed by atoms with Gasteiger partial charge in [-0.3, -0.25) is 13.9 Å². The van der Waals surface area contributed by atoms with Crippen molar-refractivity contribution in [1.29, 1.82) is 0 Å². The zero-order valence-corrected chi connectivity index (χ0v) is 21.7. The van der Waals surface area contributed by atoms with Crippen LogP contribution in [0.3, 0.4) is 0 Å². The first-order chi connectivity index (χ1) is 17.3. The molecular formula is C26H20Cl2N4O3S. The van der Waals surface area contributed by atoms with Crippen molar-refractivity contribution in [2.75, 3.05) is 0 Å². The van der Waals surface area contributed by atoms with Crippen LogP contribution >= 0.6 is 34.5 Å². The molecule has 3 heterocycles. The van der Waals surface area contributed by atoms with Gasteiger partial charge in [-0.1, -0.05) is 52.7 Å². The predicted octanol–water partition coefficient (Wildman–Crippen LogP) is 5.83. The molecule has 10 heteroatoms. The van der Waals surface area contributed by atoms with Gasteiger partial charge in [-0.2, -0.15) is 5.10 Å². The molecule has 0 aliphatic carbocycles. The lowest BCUT2D eigenvalue weighted by atomic mass is 10.1. The van der Waals surface area contributed by atoms with Crippen molar-refractivity contribution in [3.8, 4) is 0 Å². The Kier molecular flexibility index (Phi) is 6.66. The minimum Gasteiger partial charge on any atom is -0.456 e. The lowest BCUT2D eigenvalue weighted by molar-refractivity contribution is -0.139. The molecule has 182 valence electrons. The number of benzene rings is 2. The Bertz CT molecular complexity index is 1700. The van der Waals surface area contributed by atoms with E-state index in [9.17, 15) is 9.59 Å². The number of rotatable bonds is 6. The van der Waals surface area contributed by atoms with Gasteiger partial charge in [0.2, 0.25) is 0 Å². The number of halogens is 2. The molecule has 0 saturated carbocycles. The maximum atomic E-state index is 12.6. The lowest BCUT2D eigenvalue weighted by Gasteiger charge is -2.09. The number of ether oxygens (including phenoxy) is 1. The third kappa shape index (κ3) is 4.67. The fraction of sp³-hybridized carbons (Fsp3) is 0.154. The van der Waals surface area contributed by atoms with Crippen LogP contribution in [0.1, 0.15) is 28.2 Å². The van der Waals surface area contributed by atoms with Gasteiger partial charge in [0.25, 0.3) is 5.56 Å². The highest BCUT2D eigenvalue weighted by molar-refractivity contribution is 7.23. The van der Waals surface area contributed by atoms with Crippen molar-refractivity contribution in [2.24, 2.45) is 0 Å². The molecular weight excluding hydrogens is 519 g/mol. The largest absolute Gasteiger partial charge is 0.456 e. The van der Waals surface area contributed by atoms with Gasteiger partial charge in [0.1, 0.15) is 6.61 Å². The monoisotopic (exact) mass is 538 g/mol. The Labute approximate surface area is 220 Å². The van der Waals surface area contributed by atoms with Gasteiger partial charge < -0.3 is 4.74 Å². The SMILES string of the molecule is Cc1nn(Cc2c(Cl)cccc2Cl)c(C)c1/C=C/C(=O)OCc1cc(=O)n2c(n1)sc1ccccc12. The summed E-state index contributed by atoms with van der Waals surface area (Å²) in [5.41, 5.74) is 4.19. The zero-order chi connectivity index (χ0) is 25.4. The van der Waals surface area contributed by atoms with Crippen molar-refractivity contribution in [2.45, 2.75) is 27.0 Å². The number of para-hydroxylation sites is 1. The van der Waals surface area contributed by atoms with Crippen molar-refractivity contribution in [3.63, 3.8) is 0 Å². The van der Waals surface area contributed by atoms with E-state index in [0.29, 0.717) is 27.2 Å². The van der Waals surface area contributed by atoms with Crippen LogP contribution in [-0.4, -0.2) is 25.1 Å². The first-order valence-corrected chi connectivity index (χ1v) is 12.6. The van der Waals surface area contributed by atoms with Gasteiger partial charge in [-0.15, -0.1) is 0 Å². The summed E-state index contributed by atoms with van der Waals surface area (Å²) in [6, 6.07) is 14.4. The minimum atomic E-state index is -0.547. The zero-order valence-electron chi connectivity index (χ0n) is 19.4. The van der Waals surface area contributed by atoms with Crippen molar-refractivity contribution in [3.05, 3.63) is 103 Å². The Morgan fingerprint density at radius 1 is 1.11 bits per heavy atom. The van der Waals surface area contributed by atoms with Crippen molar-refractivity contribution in [1.82, 2.24) is 19.2 Å². The molecule has 0 N–H and O–H groups in total. The fourth-order valence-corrected chi connectivity index (χ4v) is 5.55. The number of nitrogens with zero attached hydrogens (tertiary/aromatic N) is 4. The quantitative estimate of drug-likeness (QED) is 0.200. The van der Waals surface area contributed by atoms with Gasteiger partial charge in [-0.05, 0) is 44.2 Å². The molecule has 7 nitrogen and oxygen atoms in total. The van der Waals surface area contributed by atoms with Gasteiger partial charge in [0, 0.05) is 39.0 Å². The van der Waals surface area contributed by atoms with Crippen LogP contribution in [0, 0.1) is 13.8 Å². The molecule has 36 heavy (non-hydrogen) atoms. The van der Waals surface area contributed by atoms with E-state index >= 15 is 0 Å². The maximum absolute atomic E-state index is 12.6. The van der Waals surface area contributed by atoms with Gasteiger partial charge in [0.15, 0.2) is 4.96 Å². The highest BCUT2D eigenvalue weighted by Crippen LogP contribution is 2.27. The Morgan fingerprint density at radius 2 is 1.86 bits per heavy atom. The van der Waals surface area contributed by atoms with E-state index < -0.39 is 5.97 Å². The summed E-state index contributed by atoms with van der Waals surface area (Å²) in [6.07, 6.45) is 3.01. The number of hydrogen-bond donors (Lipinski definition) is 0. The molecule has 0 bridgehead atoms. The second-order valence-electron chi connectivity index (χ2n) is 8.16. The van der Waals surface area contributed by atoms with Crippen LogP contribution in [-0.2, 0) is 22.7 Å². The molecule has 5 aromatic rings. The fourth-order valence-electron chi connectivity index (χ4n) is 3.98. The Morgan fingerprint density at radius 3 is 2.64 bits per heavy atom. The smallest absolute Gasteiger partial charge is 0.331 e. The third-order valence-electron chi connectivity index (χ3n) is 5.80. The summed E-state index contributed by atoms with van der Waals surface area (Å²) in [5, 5.41) is 5.70. The third-order valence-corrected chi connectivity index (χ3v) is 7.53. The van der Waals surface area contributed by atoms with Gasteiger partial charge >= 0.3 is 5.97 Å². The normalized spacial score (nSPS) is 11.7. The number of esters is 1. The van der Waals surface area contributed by atoms with Crippen molar-refractivity contribution < 1.29 is 9.53 Å². The average Bonchev–Trinajstić information content (AvgIpc) is 3.35. The second kappa shape index (κ2) is 9.89. The minimum absolute atomic E-state index is 0.106. The topological polar surface area (TPSA) is 78.5 Å². The van der Waals surface area contributed by atoms with Crippen LogP contribution in [0.5, 0.6) is 0 Å². The summed E-state index contributed by atoms with van der Waals surface area (Å²) < 4.78 is 9.66. The number of fused-ring (bicyclic) bond motifs is 3. The van der Waals surface area contributed by atoms with E-state index in [1.54, 1.807) is 33.4 Å². The standard InChI is InChI=1S/C26H20Cl2N4O3S/c1-15-18(16(2)31(30-15)13-19-20(27)6-5-7-21(19)28)10-11-25(34)35-14-17-12-24(33)32-22-8-3-4-9-23(22)36-26(32)29-17/h3-12H,13-14H2,1-2H3/b11-10+. The summed E-state index contributed by atoms with van der Waals surface area (Å²) in [5.74, 6) is -0.547. The molecule has 0 fully saturated rings. The van der Waals surface area contributed by atoms with Crippen LogP contribution in [0.25, 0.3) is 21.3 Å². The lowest BCUT2D eigenvalue weighted by Crippen LogP contribution is -2.15. The second-order valence-corrected chi connectivity index (χ2v) is 9.98. The van der Waals surface area contributed by atoms with E-state index in [4.69, 9.17) is 27.9 Å². The van der Waals surface area contributed by atoms with Crippen LogP contribution < -0.4 is 5.56 Å². The molecule has 0 saturated heterocycles. The first kappa shape index (κ1) is 24.2. The number of hydrogen-bond acceptors (Lipinski definition) is 6. The molecule has 0 radical (unpaired) electrons. The molecule has 5 rings (SSSR count). The number of carbonyl (C=O) groups is 1. The molecule has 0 spiro atoms. The van der Waals surface area contributed by atoms with Gasteiger partial charge in [0.05, 0.1) is 28.1 Å². The molecule has 2 aromatic carbocycles. The van der Waals surface area contributed by atoms with Crippen molar-refractivity contribution >= 4 is 61.8 Å². The Balaban J connectivity index is 1.30. The first-order valence-electron chi connectivity index (χ1n) is 11.0. The van der Waals surface area contributed by atoms with E-state index in [1.807, 2.05) is 38.1 Å². The molecule has 0 amide bonds. The van der Waals surface area contributed by atoms with E-state index in [-0.39, 0.29) is 12.2 Å². The predicted molar refractivity (Wildman–Crippen MR) is 143 cm³/mol. The molecule has 3 aromatic heterocycles. The van der Waals surface area contributed by atoms with E-state index in [2.05, 4.69) is 10.1 Å². The number of aryl methyl sites for hydroxylation is 1. The number of thiazole rings is 1. The van der Waals surface area contributed by atoms with Gasteiger partial charge in [-0.25, -0.2) is 9.78 Å². The van der Waals surface area contributed by atoms with Crippen LogP contribution in [0.4, 0.5) is 0 Å². The summed E-state index contributed by atoms with van der Waals surface area (Å²) >= 11 is 14.0. The molecule has 0 atom stereocenters. The maximum Gasteiger partial charge on any atom is 0.331 e. The van der Waals surface area contributed by atoms with E-state index in [1.165, 1.54) is 23.5 Å². The highest BCUT2D eigenvalue weighted by atomic mass is 35.5. The van der Waals surface area contributed by atoms with Crippen LogP contribution in [0.15, 0.2) is 59.4 Å². The Hall–Kier alpha value is -3.46. The van der Waals surface area contributed by atoms with Crippen LogP contribution in [0.2, 0.25) is 10.0 Å². The average molecular weight is 539 g/mol. The van der Waals surface area contributed by atoms with E-state index in [0.717, 1.165) is 32.7 Å². The molecule has 0 unspecified atom stereocenters. The molecule has 0 aliphatic heterocycles. The number of carbonyl (C=O) groups excluding carboxylic acids is 1. The summed E-state index contributed by atoms with van der Waals surface area (Å²) in [4.78, 5) is 30.1. The number of aromatic nitrogens is 4. The summed E-state index contributed by atoms with van der Waals surface area (Å²) in [7, 11) is 0.